The highest BCUT2D eigenvalue weighted by Crippen LogP contribution is 1.99. The number of carboxylic acids is 1. The molecule has 8 heteroatoms. The molecule has 0 radical (unpaired) electrons. The second kappa shape index (κ2) is 17.0. The predicted octanol–water partition coefficient (Wildman–Crippen LogP) is 1.09. The van der Waals surface area contributed by atoms with Crippen LogP contribution in [0.15, 0.2) is 30.3 Å². The van der Waals surface area contributed by atoms with Crippen molar-refractivity contribution in [3.8, 4) is 12.8 Å². The second-order valence-corrected chi connectivity index (χ2v) is 4.32. The molecular formula is C17H22N2O6. The number of primary amides is 1. The lowest BCUT2D eigenvalue weighted by Crippen LogP contribution is -2.28. The van der Waals surface area contributed by atoms with Crippen molar-refractivity contribution in [3.05, 3.63) is 35.9 Å². The van der Waals surface area contributed by atoms with Crippen LogP contribution in [0.3, 0.4) is 0 Å². The Kier molecular flexibility index (Phi) is 16.3. The van der Waals surface area contributed by atoms with Crippen LogP contribution in [0, 0.1) is 12.8 Å². The van der Waals surface area contributed by atoms with Gasteiger partial charge in [0.2, 0.25) is 5.91 Å². The van der Waals surface area contributed by atoms with Crippen molar-refractivity contribution >= 4 is 24.3 Å². The molecule has 136 valence electrons. The van der Waals surface area contributed by atoms with Gasteiger partial charge in [0.05, 0.1) is 0 Å². The highest BCUT2D eigenvalue weighted by atomic mass is 16.5. The van der Waals surface area contributed by atoms with Gasteiger partial charge in [0, 0.05) is 12.8 Å². The van der Waals surface area contributed by atoms with Crippen molar-refractivity contribution < 1.29 is 29.0 Å². The number of unbranched alkanes of at least 4 members (excludes halogenated alkanes) is 1. The van der Waals surface area contributed by atoms with Crippen LogP contribution in [0.2, 0.25) is 0 Å². The largest absolute Gasteiger partial charge is 0.480 e. The Bertz CT molecular complexity index is 543. The molecule has 25 heavy (non-hydrogen) atoms. The second-order valence-electron chi connectivity index (χ2n) is 4.32. The van der Waals surface area contributed by atoms with E-state index in [4.69, 9.17) is 10.8 Å². The molecule has 0 fully saturated rings. The topological polar surface area (TPSA) is 136 Å². The number of rotatable bonds is 8. The van der Waals surface area contributed by atoms with Crippen molar-refractivity contribution in [1.82, 2.24) is 5.32 Å². The van der Waals surface area contributed by atoms with Crippen LogP contribution in [-0.2, 0) is 25.7 Å². The Hall–Kier alpha value is -3.34. The smallest absolute Gasteiger partial charge is 0.404 e. The molecule has 0 aromatic heterocycles. The lowest BCUT2D eigenvalue weighted by Gasteiger charge is -1.99. The number of terminal acetylenes is 1. The molecule has 0 bridgehead atoms. The van der Waals surface area contributed by atoms with Gasteiger partial charge in [-0.3, -0.25) is 9.59 Å². The molecule has 2 amide bonds. The molecule has 4 N–H and O–H groups in total. The number of aldehydes is 1. The molecular weight excluding hydrogens is 328 g/mol. The van der Waals surface area contributed by atoms with Gasteiger partial charge in [-0.05, 0) is 12.0 Å². The Balaban J connectivity index is 0. The first-order valence-corrected chi connectivity index (χ1v) is 7.17. The van der Waals surface area contributed by atoms with Crippen molar-refractivity contribution in [2.75, 3.05) is 6.54 Å². The summed E-state index contributed by atoms with van der Waals surface area (Å²) in [5, 5.41) is 10.3. The average Bonchev–Trinajstić information content (AvgIpc) is 2.61. The van der Waals surface area contributed by atoms with E-state index in [1.807, 2.05) is 30.3 Å². The molecule has 0 saturated carbocycles. The zero-order valence-corrected chi connectivity index (χ0v) is 13.7. The predicted molar refractivity (Wildman–Crippen MR) is 91.3 cm³/mol. The third-order valence-corrected chi connectivity index (χ3v) is 2.39. The first kappa shape index (κ1) is 23.9. The fraction of sp³-hybridized carbons (Fsp3) is 0.294. The standard InChI is InChI=1S/C8H9NO2.C7H11NO4.C2H2/c9-8(10)11-6-7-4-2-1-3-5-7;9-4-2-1-3-6(10)8-5-7(11)12;1-2/h1-5H,6H2,(H2,9,10);4H,1-3,5H2,(H,8,10)(H,11,12);1-2H. The van der Waals surface area contributed by atoms with Crippen LogP contribution in [0.5, 0.6) is 0 Å². The van der Waals surface area contributed by atoms with E-state index in [2.05, 4.69) is 22.9 Å². The van der Waals surface area contributed by atoms with E-state index >= 15 is 0 Å². The van der Waals surface area contributed by atoms with Gasteiger partial charge in [-0.25, -0.2) is 4.79 Å². The van der Waals surface area contributed by atoms with Crippen LogP contribution >= 0.6 is 0 Å². The van der Waals surface area contributed by atoms with Gasteiger partial charge in [-0.15, -0.1) is 12.8 Å². The van der Waals surface area contributed by atoms with Crippen molar-refractivity contribution in [1.29, 1.82) is 0 Å². The number of hydrogen-bond donors (Lipinski definition) is 3. The number of carbonyl (C=O) groups excluding carboxylic acids is 3. The molecule has 0 atom stereocenters. The maximum atomic E-state index is 10.7. The van der Waals surface area contributed by atoms with Gasteiger partial charge in [0.1, 0.15) is 19.4 Å². The summed E-state index contributed by atoms with van der Waals surface area (Å²) in [5.74, 6) is -1.40. The summed E-state index contributed by atoms with van der Waals surface area (Å²) in [6.45, 7) is -0.115. The van der Waals surface area contributed by atoms with E-state index in [1.165, 1.54) is 0 Å². The molecule has 8 nitrogen and oxygen atoms in total. The maximum Gasteiger partial charge on any atom is 0.404 e. The molecule has 0 aliphatic rings. The van der Waals surface area contributed by atoms with E-state index in [0.717, 1.165) is 11.8 Å². The Morgan fingerprint density at radius 2 is 1.80 bits per heavy atom. The summed E-state index contributed by atoms with van der Waals surface area (Å²) in [4.78, 5) is 40.7. The zero-order chi connectivity index (χ0) is 19.5. The average molecular weight is 350 g/mol. The Morgan fingerprint density at radius 1 is 1.20 bits per heavy atom. The fourth-order valence-corrected chi connectivity index (χ4v) is 1.34. The van der Waals surface area contributed by atoms with E-state index in [1.54, 1.807) is 0 Å². The van der Waals surface area contributed by atoms with Crippen LogP contribution in [-0.4, -0.2) is 35.9 Å². The van der Waals surface area contributed by atoms with Gasteiger partial charge in [0.15, 0.2) is 0 Å². The number of amides is 2. The molecule has 0 heterocycles. The minimum Gasteiger partial charge on any atom is -0.480 e. The van der Waals surface area contributed by atoms with E-state index < -0.39 is 12.1 Å². The molecule has 1 aromatic carbocycles. The van der Waals surface area contributed by atoms with Crippen LogP contribution in [0.25, 0.3) is 0 Å². The van der Waals surface area contributed by atoms with Crippen LogP contribution in [0.1, 0.15) is 24.8 Å². The quantitative estimate of drug-likeness (QED) is 0.365. The Labute approximate surface area is 146 Å². The summed E-state index contributed by atoms with van der Waals surface area (Å²) in [6.07, 6.45) is 8.99. The molecule has 0 aliphatic heterocycles. The van der Waals surface area contributed by atoms with Gasteiger partial charge < -0.3 is 25.7 Å². The van der Waals surface area contributed by atoms with Gasteiger partial charge in [-0.1, -0.05) is 30.3 Å². The number of benzene rings is 1. The van der Waals surface area contributed by atoms with E-state index in [-0.39, 0.29) is 25.5 Å². The highest BCUT2D eigenvalue weighted by molar-refractivity contribution is 5.81. The summed E-state index contributed by atoms with van der Waals surface area (Å²) >= 11 is 0. The van der Waals surface area contributed by atoms with Gasteiger partial charge >= 0.3 is 12.1 Å². The number of aliphatic carboxylic acids is 1. The fourth-order valence-electron chi connectivity index (χ4n) is 1.34. The lowest BCUT2D eigenvalue weighted by atomic mass is 10.2. The summed E-state index contributed by atoms with van der Waals surface area (Å²) in [7, 11) is 0. The summed E-state index contributed by atoms with van der Waals surface area (Å²) in [5.41, 5.74) is 5.72. The minimum absolute atomic E-state index is 0.200. The number of nitrogens with two attached hydrogens (primary N) is 1. The molecule has 0 unspecified atom stereocenters. The first-order chi connectivity index (χ1) is 12.0. The minimum atomic E-state index is -1.07. The summed E-state index contributed by atoms with van der Waals surface area (Å²) < 4.78 is 4.57. The van der Waals surface area contributed by atoms with Crippen LogP contribution < -0.4 is 11.1 Å². The molecule has 0 spiro atoms. The zero-order valence-electron chi connectivity index (χ0n) is 13.7. The molecule has 0 aliphatic carbocycles. The van der Waals surface area contributed by atoms with E-state index in [0.29, 0.717) is 12.8 Å². The third-order valence-electron chi connectivity index (χ3n) is 2.39. The van der Waals surface area contributed by atoms with Crippen molar-refractivity contribution in [2.24, 2.45) is 5.73 Å². The monoisotopic (exact) mass is 350 g/mol. The number of carbonyl (C=O) groups is 4. The molecule has 0 saturated heterocycles. The molecule has 1 rings (SSSR count). The third kappa shape index (κ3) is 18.6. The normalized spacial score (nSPS) is 8.40. The number of ether oxygens (including phenoxy) is 1. The SMILES string of the molecule is C#C.NC(=O)OCc1ccccc1.O=CCCCC(=O)NCC(=O)O. The highest BCUT2D eigenvalue weighted by Gasteiger charge is 2.02. The maximum absolute atomic E-state index is 10.7. The first-order valence-electron chi connectivity index (χ1n) is 7.17. The van der Waals surface area contributed by atoms with Gasteiger partial charge in [-0.2, -0.15) is 0 Å². The van der Waals surface area contributed by atoms with Gasteiger partial charge in [0.25, 0.3) is 0 Å². The van der Waals surface area contributed by atoms with Crippen LogP contribution in [0.4, 0.5) is 4.79 Å². The number of nitrogens with one attached hydrogen (secondary N) is 1. The summed E-state index contributed by atoms with van der Waals surface area (Å²) in [6, 6.07) is 9.37. The lowest BCUT2D eigenvalue weighted by molar-refractivity contribution is -0.138. The van der Waals surface area contributed by atoms with Crippen molar-refractivity contribution in [2.45, 2.75) is 25.9 Å². The number of carboxylic acid groups (broad SMARTS) is 1. The molecule has 1 aromatic rings. The number of hydrogen-bond acceptors (Lipinski definition) is 5. The Morgan fingerprint density at radius 3 is 2.28 bits per heavy atom. The van der Waals surface area contributed by atoms with Crippen molar-refractivity contribution in [3.63, 3.8) is 0 Å². The van der Waals surface area contributed by atoms with E-state index in [9.17, 15) is 19.2 Å².